The summed E-state index contributed by atoms with van der Waals surface area (Å²) in [5, 5.41) is 16.3. The summed E-state index contributed by atoms with van der Waals surface area (Å²) in [5.74, 6) is 0.204. The van der Waals surface area contributed by atoms with Crippen LogP contribution in [0.25, 0.3) is 0 Å². The van der Waals surface area contributed by atoms with Crippen LogP contribution < -0.4 is 20.3 Å². The first-order valence-electron chi connectivity index (χ1n) is 16.9. The van der Waals surface area contributed by atoms with Crippen molar-refractivity contribution in [2.75, 3.05) is 53.7 Å². The maximum absolute atomic E-state index is 14.4. The average molecular weight is 717 g/mol. The smallest absolute Gasteiger partial charge is 0.251 e. The van der Waals surface area contributed by atoms with Crippen molar-refractivity contribution in [3.63, 3.8) is 0 Å². The van der Waals surface area contributed by atoms with Gasteiger partial charge in [-0.3, -0.25) is 9.59 Å². The minimum absolute atomic E-state index is 0.0946. The summed E-state index contributed by atoms with van der Waals surface area (Å²) in [4.78, 5) is 29.6. The Morgan fingerprint density at radius 3 is 2.43 bits per heavy atom. The Balaban J connectivity index is 1.32. The number of piperidine rings is 1. The van der Waals surface area contributed by atoms with Gasteiger partial charge >= 0.3 is 0 Å². The fourth-order valence-corrected chi connectivity index (χ4v) is 7.12. The number of aliphatic hydroxyl groups is 1. The lowest BCUT2D eigenvalue weighted by molar-refractivity contribution is -0.150. The first-order chi connectivity index (χ1) is 23.6. The van der Waals surface area contributed by atoms with E-state index in [1.54, 1.807) is 38.6 Å². The summed E-state index contributed by atoms with van der Waals surface area (Å²) >= 11 is 12.6. The van der Waals surface area contributed by atoms with Gasteiger partial charge in [0.1, 0.15) is 24.6 Å². The van der Waals surface area contributed by atoms with Gasteiger partial charge < -0.3 is 38.8 Å². The molecule has 49 heavy (non-hydrogen) atoms. The van der Waals surface area contributed by atoms with Crippen LogP contribution in [0.4, 0.5) is 0 Å². The van der Waals surface area contributed by atoms with E-state index in [9.17, 15) is 14.7 Å². The number of nitrogens with one attached hydrogen (secondary N) is 1. The molecule has 2 N–H and O–H groups in total. The monoisotopic (exact) mass is 715 g/mol. The third-order valence-corrected chi connectivity index (χ3v) is 9.70. The van der Waals surface area contributed by atoms with Crippen LogP contribution >= 0.6 is 23.2 Å². The van der Waals surface area contributed by atoms with Gasteiger partial charge in [-0.15, -0.1) is 0 Å². The van der Waals surface area contributed by atoms with E-state index in [1.165, 1.54) is 10.6 Å². The second-order valence-corrected chi connectivity index (χ2v) is 13.7. The predicted octanol–water partition coefficient (Wildman–Crippen LogP) is 5.14. The molecule has 2 unspecified atom stereocenters. The molecule has 266 valence electrons. The zero-order valence-electron chi connectivity index (χ0n) is 28.5. The molecule has 0 radical (unpaired) electrons. The van der Waals surface area contributed by atoms with E-state index < -0.39 is 11.5 Å². The second kappa shape index (κ2) is 17.2. The van der Waals surface area contributed by atoms with E-state index in [-0.39, 0.29) is 30.7 Å². The molecule has 3 aromatic rings. The number of pyridine rings is 1. The number of ether oxygens (including phenoxy) is 4. The molecule has 2 aliphatic rings. The van der Waals surface area contributed by atoms with Crippen LogP contribution in [0, 0.1) is 12.8 Å². The molecule has 1 aliphatic heterocycles. The highest BCUT2D eigenvalue weighted by Gasteiger charge is 2.48. The number of nitrogens with zero attached hydrogens (tertiary/aromatic N) is 2. The zero-order valence-corrected chi connectivity index (χ0v) is 30.0. The molecule has 0 spiro atoms. The third-order valence-electron chi connectivity index (χ3n) is 9.14. The molecule has 1 aromatic heterocycles. The summed E-state index contributed by atoms with van der Waals surface area (Å²) in [6.07, 6.45) is 5.44. The van der Waals surface area contributed by atoms with Crippen LogP contribution in [0.3, 0.4) is 0 Å². The number of benzene rings is 2. The van der Waals surface area contributed by atoms with Crippen LogP contribution in [-0.4, -0.2) is 80.3 Å². The van der Waals surface area contributed by atoms with Gasteiger partial charge in [-0.1, -0.05) is 29.3 Å². The van der Waals surface area contributed by atoms with Crippen molar-refractivity contribution in [2.45, 2.75) is 63.8 Å². The summed E-state index contributed by atoms with van der Waals surface area (Å²) < 4.78 is 23.7. The Kier molecular flexibility index (Phi) is 13.0. The number of rotatable bonds is 17. The molecular weight excluding hydrogens is 669 g/mol. The van der Waals surface area contributed by atoms with Gasteiger partial charge in [0.15, 0.2) is 5.75 Å². The van der Waals surface area contributed by atoms with Gasteiger partial charge in [0.25, 0.3) is 5.56 Å². The van der Waals surface area contributed by atoms with Crippen molar-refractivity contribution < 1.29 is 28.8 Å². The Morgan fingerprint density at radius 1 is 1.00 bits per heavy atom. The number of aryl methyl sites for hydroxylation is 2. The highest BCUT2D eigenvalue weighted by atomic mass is 35.5. The number of amides is 1. The fraction of sp³-hybridized carbons (Fsp3) is 0.514. The maximum atomic E-state index is 14.4. The van der Waals surface area contributed by atoms with E-state index in [2.05, 4.69) is 11.4 Å². The number of aromatic nitrogens is 1. The second-order valence-electron chi connectivity index (χ2n) is 12.9. The van der Waals surface area contributed by atoms with Gasteiger partial charge in [0.2, 0.25) is 5.91 Å². The summed E-state index contributed by atoms with van der Waals surface area (Å²) in [7, 11) is 3.33. The van der Waals surface area contributed by atoms with Crippen LogP contribution in [0.1, 0.15) is 47.9 Å². The minimum atomic E-state index is -1.51. The molecule has 12 heteroatoms. The van der Waals surface area contributed by atoms with Crippen molar-refractivity contribution in [3.8, 4) is 11.5 Å². The number of halogens is 2. The fourth-order valence-electron chi connectivity index (χ4n) is 6.42. The Hall–Kier alpha value is -3.12. The number of hydrogen-bond donors (Lipinski definition) is 2. The maximum Gasteiger partial charge on any atom is 0.251 e. The molecule has 1 saturated heterocycles. The van der Waals surface area contributed by atoms with Crippen molar-refractivity contribution >= 4 is 29.1 Å². The molecule has 2 aromatic carbocycles. The third kappa shape index (κ3) is 9.57. The number of carbonyl (C=O) groups is 1. The standard InChI is InChI=1S/C37H47Cl2N3O7/c1-25-17-32(38)35(33(39)18-25)49-14-12-41-11-8-28(22-34(41)43)37(45)9-10-40-23-31(37)36(44)42(29-6-7-29)24-27-19-26(5-4-13-46-2)20-30(21-27)48-16-15-47-3/h8,11,17-22,29,31,40,45H,4-7,9-10,12-16,23-24H2,1-3H3. The van der Waals surface area contributed by atoms with E-state index in [4.69, 9.17) is 42.1 Å². The predicted molar refractivity (Wildman–Crippen MR) is 190 cm³/mol. The largest absolute Gasteiger partial charge is 0.491 e. The van der Waals surface area contributed by atoms with Crippen molar-refractivity contribution in [1.29, 1.82) is 0 Å². The lowest BCUT2D eigenvalue weighted by atomic mass is 9.76. The molecule has 0 bridgehead atoms. The van der Waals surface area contributed by atoms with Gasteiger partial charge in [0, 0.05) is 52.2 Å². The van der Waals surface area contributed by atoms with Gasteiger partial charge in [-0.2, -0.15) is 0 Å². The molecule has 1 saturated carbocycles. The first-order valence-corrected chi connectivity index (χ1v) is 17.6. The summed E-state index contributed by atoms with van der Waals surface area (Å²) in [6.45, 7) is 5.07. The highest BCUT2D eigenvalue weighted by Crippen LogP contribution is 2.39. The lowest BCUT2D eigenvalue weighted by Gasteiger charge is -2.42. The van der Waals surface area contributed by atoms with Gasteiger partial charge in [-0.05, 0) is 98.2 Å². The van der Waals surface area contributed by atoms with Gasteiger partial charge in [-0.25, -0.2) is 0 Å². The molecule has 1 amide bonds. The normalized spacial score (nSPS) is 19.1. The molecule has 2 fully saturated rings. The SMILES string of the molecule is COCCCc1cc(CN(C(=O)C2CNCCC2(O)c2ccn(CCOc3c(Cl)cc(C)cc3Cl)c(=O)c2)C2CC2)cc(OCCOC)c1. The van der Waals surface area contributed by atoms with Gasteiger partial charge in [0.05, 0.1) is 29.1 Å². The highest BCUT2D eigenvalue weighted by molar-refractivity contribution is 6.37. The molecular formula is C37H47Cl2N3O7. The quantitative estimate of drug-likeness (QED) is 0.185. The van der Waals surface area contributed by atoms with Crippen LogP contribution in [0.2, 0.25) is 10.0 Å². The number of carbonyl (C=O) groups excluding carboxylic acids is 1. The van der Waals surface area contributed by atoms with Crippen LogP contribution in [0.5, 0.6) is 11.5 Å². The molecule has 5 rings (SSSR count). The summed E-state index contributed by atoms with van der Waals surface area (Å²) in [5.41, 5.74) is 1.62. The van der Waals surface area contributed by atoms with E-state index in [0.29, 0.717) is 67.2 Å². The van der Waals surface area contributed by atoms with Crippen molar-refractivity contribution in [2.24, 2.45) is 5.92 Å². The molecule has 10 nitrogen and oxygen atoms in total. The van der Waals surface area contributed by atoms with Crippen molar-refractivity contribution in [1.82, 2.24) is 14.8 Å². The Labute approximate surface area is 298 Å². The Bertz CT molecular complexity index is 1600. The molecule has 1 aliphatic carbocycles. The van der Waals surface area contributed by atoms with Crippen molar-refractivity contribution in [3.05, 3.63) is 91.3 Å². The molecule has 2 heterocycles. The zero-order chi connectivity index (χ0) is 35.0. The number of hydrogen-bond acceptors (Lipinski definition) is 8. The van der Waals surface area contributed by atoms with Crippen LogP contribution in [-0.2, 0) is 39.4 Å². The number of methoxy groups -OCH3 is 2. The van der Waals surface area contributed by atoms with E-state index in [0.717, 1.165) is 48.1 Å². The molecule has 2 atom stereocenters. The van der Waals surface area contributed by atoms with E-state index in [1.807, 2.05) is 24.0 Å². The minimum Gasteiger partial charge on any atom is -0.491 e. The lowest BCUT2D eigenvalue weighted by Crippen LogP contribution is -2.55. The van der Waals surface area contributed by atoms with Crippen LogP contribution in [0.15, 0.2) is 53.5 Å². The summed E-state index contributed by atoms with van der Waals surface area (Å²) in [6, 6.07) is 12.9. The topological polar surface area (TPSA) is 111 Å². The van der Waals surface area contributed by atoms with E-state index >= 15 is 0 Å². The first kappa shape index (κ1) is 37.1. The average Bonchev–Trinajstić information content (AvgIpc) is 3.91. The Morgan fingerprint density at radius 2 is 1.73 bits per heavy atom.